The molecule has 1 aromatic carbocycles. The summed E-state index contributed by atoms with van der Waals surface area (Å²) in [6, 6.07) is 10.3. The van der Waals surface area contributed by atoms with Crippen LogP contribution in [-0.2, 0) is 14.4 Å². The summed E-state index contributed by atoms with van der Waals surface area (Å²) in [5.74, 6) is -0.993. The molecule has 1 aromatic heterocycles. The second-order valence-electron chi connectivity index (χ2n) is 6.74. The molecule has 7 heteroatoms. The fourth-order valence-electron chi connectivity index (χ4n) is 3.67. The summed E-state index contributed by atoms with van der Waals surface area (Å²) in [5.41, 5.74) is 1.50. The summed E-state index contributed by atoms with van der Waals surface area (Å²) in [5, 5.41) is 6.10. The fraction of sp³-hybridized carbons (Fsp3) is 0.250. The Labute approximate surface area is 160 Å². The summed E-state index contributed by atoms with van der Waals surface area (Å²) < 4.78 is 5.41. The highest BCUT2D eigenvalue weighted by Crippen LogP contribution is 2.39. The molecule has 6 nitrogen and oxygen atoms in total. The van der Waals surface area contributed by atoms with Gasteiger partial charge in [0.25, 0.3) is 0 Å². The van der Waals surface area contributed by atoms with E-state index in [1.165, 1.54) is 0 Å². The molecule has 0 unspecified atom stereocenters. The van der Waals surface area contributed by atoms with E-state index >= 15 is 0 Å². The van der Waals surface area contributed by atoms with Gasteiger partial charge in [0.1, 0.15) is 5.76 Å². The minimum absolute atomic E-state index is 0.0462. The molecular weight excluding hydrogens is 368 g/mol. The van der Waals surface area contributed by atoms with Gasteiger partial charge in [0.05, 0.1) is 12.2 Å². The van der Waals surface area contributed by atoms with Gasteiger partial charge in [0.15, 0.2) is 5.78 Å². The van der Waals surface area contributed by atoms with E-state index in [4.69, 9.17) is 16.0 Å². The number of amides is 2. The lowest BCUT2D eigenvalue weighted by Gasteiger charge is -2.32. The van der Waals surface area contributed by atoms with Crippen molar-refractivity contribution in [3.05, 3.63) is 64.7 Å². The number of ketones is 1. The molecule has 2 atom stereocenters. The summed E-state index contributed by atoms with van der Waals surface area (Å²) in [4.78, 5) is 37.7. The zero-order valence-electron chi connectivity index (χ0n) is 14.3. The van der Waals surface area contributed by atoms with Gasteiger partial charge in [-0.25, -0.2) is 0 Å². The van der Waals surface area contributed by atoms with Crippen LogP contribution in [0.2, 0.25) is 5.02 Å². The molecule has 0 bridgehead atoms. The predicted molar refractivity (Wildman–Crippen MR) is 99.0 cm³/mol. The average molecular weight is 385 g/mol. The predicted octanol–water partition coefficient (Wildman–Crippen LogP) is 3.41. The van der Waals surface area contributed by atoms with E-state index in [2.05, 4.69) is 10.6 Å². The molecule has 0 saturated carbocycles. The lowest BCUT2D eigenvalue weighted by Crippen LogP contribution is -2.43. The Kier molecular flexibility index (Phi) is 4.58. The van der Waals surface area contributed by atoms with E-state index in [1.54, 1.807) is 36.6 Å². The third-order valence-corrected chi connectivity index (χ3v) is 5.16. The number of hydrogen-bond acceptors (Lipinski definition) is 4. The van der Waals surface area contributed by atoms with Crippen molar-refractivity contribution in [1.82, 2.24) is 5.32 Å². The first-order valence-electron chi connectivity index (χ1n) is 8.67. The summed E-state index contributed by atoms with van der Waals surface area (Å²) in [6.45, 7) is 0. The van der Waals surface area contributed by atoms with Crippen molar-refractivity contribution in [2.24, 2.45) is 5.92 Å². The first kappa shape index (κ1) is 17.5. The monoisotopic (exact) mass is 384 g/mol. The van der Waals surface area contributed by atoms with Crippen LogP contribution in [0.4, 0.5) is 5.69 Å². The number of Topliss-reactive ketones (excluding diaryl/α,β-unsaturated/α-hetero) is 1. The smallest absolute Gasteiger partial charge is 0.232 e. The van der Waals surface area contributed by atoms with Crippen LogP contribution >= 0.6 is 11.6 Å². The molecule has 0 radical (unpaired) electrons. The first-order valence-corrected chi connectivity index (χ1v) is 9.05. The highest BCUT2D eigenvalue weighted by Gasteiger charge is 2.41. The SMILES string of the molecule is O=C1C[C@@H](C(=O)Nc2ccc(Cl)cc2)C2=C(C[C@H](c3ccco3)CC2=O)N1. The van der Waals surface area contributed by atoms with Crippen molar-refractivity contribution >= 4 is 34.9 Å². The van der Waals surface area contributed by atoms with Gasteiger partial charge in [0.2, 0.25) is 11.8 Å². The second-order valence-corrected chi connectivity index (χ2v) is 7.17. The van der Waals surface area contributed by atoms with Crippen LogP contribution in [0.25, 0.3) is 0 Å². The summed E-state index contributed by atoms with van der Waals surface area (Å²) in [7, 11) is 0. The molecule has 2 N–H and O–H groups in total. The third-order valence-electron chi connectivity index (χ3n) is 4.91. The van der Waals surface area contributed by atoms with E-state index in [-0.39, 0.29) is 36.4 Å². The Morgan fingerprint density at radius 1 is 1.11 bits per heavy atom. The minimum Gasteiger partial charge on any atom is -0.469 e. The van der Waals surface area contributed by atoms with Gasteiger partial charge in [-0.15, -0.1) is 0 Å². The first-order chi connectivity index (χ1) is 13.0. The van der Waals surface area contributed by atoms with Gasteiger partial charge in [-0.1, -0.05) is 11.6 Å². The molecule has 1 aliphatic carbocycles. The standard InChI is InChI=1S/C20H17ClN2O4/c21-12-3-5-13(6-4-12)22-20(26)14-10-18(25)23-15-8-11(9-16(24)19(14)15)17-2-1-7-27-17/h1-7,11,14H,8-10H2,(H,22,26)(H,23,25)/t11-,14+/m0/s1. The molecule has 2 aromatic rings. The van der Waals surface area contributed by atoms with Gasteiger partial charge in [-0.3, -0.25) is 14.4 Å². The van der Waals surface area contributed by atoms with Crippen molar-refractivity contribution in [1.29, 1.82) is 0 Å². The Morgan fingerprint density at radius 3 is 2.59 bits per heavy atom. The number of rotatable bonds is 3. The summed E-state index contributed by atoms with van der Waals surface area (Å²) in [6.07, 6.45) is 2.24. The largest absolute Gasteiger partial charge is 0.469 e. The maximum Gasteiger partial charge on any atom is 0.232 e. The number of carbonyl (C=O) groups is 3. The molecule has 1 aliphatic heterocycles. The van der Waals surface area contributed by atoms with Crippen molar-refractivity contribution in [2.45, 2.75) is 25.2 Å². The van der Waals surface area contributed by atoms with E-state index in [9.17, 15) is 14.4 Å². The molecule has 0 fully saturated rings. The lowest BCUT2D eigenvalue weighted by atomic mass is 9.76. The molecule has 2 amide bonds. The Balaban J connectivity index is 1.60. The molecule has 2 heterocycles. The van der Waals surface area contributed by atoms with Crippen LogP contribution in [0.1, 0.15) is 30.9 Å². The Bertz CT molecular complexity index is 931. The van der Waals surface area contributed by atoms with Gasteiger partial charge >= 0.3 is 0 Å². The van der Waals surface area contributed by atoms with Gasteiger partial charge in [0, 0.05) is 40.7 Å². The van der Waals surface area contributed by atoms with E-state index in [1.807, 2.05) is 6.07 Å². The zero-order chi connectivity index (χ0) is 19.0. The Hall–Kier alpha value is -2.86. The number of benzene rings is 1. The van der Waals surface area contributed by atoms with Crippen molar-refractivity contribution in [3.63, 3.8) is 0 Å². The maximum absolute atomic E-state index is 12.8. The number of hydrogen-bond donors (Lipinski definition) is 2. The zero-order valence-corrected chi connectivity index (χ0v) is 15.1. The van der Waals surface area contributed by atoms with Crippen molar-refractivity contribution in [3.8, 4) is 0 Å². The van der Waals surface area contributed by atoms with Crippen LogP contribution in [0.3, 0.4) is 0 Å². The van der Waals surface area contributed by atoms with Crippen LogP contribution < -0.4 is 10.6 Å². The molecule has 4 rings (SSSR count). The summed E-state index contributed by atoms with van der Waals surface area (Å²) >= 11 is 5.86. The number of furan rings is 1. The maximum atomic E-state index is 12.8. The van der Waals surface area contributed by atoms with Gasteiger partial charge in [-0.05, 0) is 42.8 Å². The third kappa shape index (κ3) is 3.53. The number of anilines is 1. The van der Waals surface area contributed by atoms with Gasteiger partial charge < -0.3 is 15.1 Å². The number of carbonyl (C=O) groups excluding carboxylic acids is 3. The van der Waals surface area contributed by atoms with E-state index in [0.29, 0.717) is 34.2 Å². The van der Waals surface area contributed by atoms with Crippen LogP contribution in [0, 0.1) is 5.92 Å². The van der Waals surface area contributed by atoms with Crippen LogP contribution in [-0.4, -0.2) is 17.6 Å². The Morgan fingerprint density at radius 2 is 1.89 bits per heavy atom. The molecular formula is C20H17ClN2O4. The minimum atomic E-state index is -0.797. The molecule has 0 saturated heterocycles. The lowest BCUT2D eigenvalue weighted by molar-refractivity contribution is -0.129. The van der Waals surface area contributed by atoms with E-state index < -0.39 is 5.92 Å². The normalized spacial score (nSPS) is 22.3. The highest BCUT2D eigenvalue weighted by molar-refractivity contribution is 6.30. The molecule has 0 spiro atoms. The number of nitrogens with one attached hydrogen (secondary N) is 2. The quantitative estimate of drug-likeness (QED) is 0.848. The van der Waals surface area contributed by atoms with Crippen molar-refractivity contribution < 1.29 is 18.8 Å². The van der Waals surface area contributed by atoms with Crippen LogP contribution in [0.15, 0.2) is 58.3 Å². The van der Waals surface area contributed by atoms with E-state index in [0.717, 1.165) is 0 Å². The topological polar surface area (TPSA) is 88.4 Å². The molecule has 138 valence electrons. The second kappa shape index (κ2) is 7.04. The fourth-order valence-corrected chi connectivity index (χ4v) is 3.80. The van der Waals surface area contributed by atoms with Crippen molar-refractivity contribution in [2.75, 3.05) is 5.32 Å². The van der Waals surface area contributed by atoms with Gasteiger partial charge in [-0.2, -0.15) is 0 Å². The number of allylic oxidation sites excluding steroid dienone is 1. The van der Waals surface area contributed by atoms with Crippen LogP contribution in [0.5, 0.6) is 0 Å². The number of halogens is 1. The molecule has 2 aliphatic rings. The molecule has 27 heavy (non-hydrogen) atoms. The highest BCUT2D eigenvalue weighted by atomic mass is 35.5. The average Bonchev–Trinajstić information content (AvgIpc) is 3.17.